The zero-order valence-corrected chi connectivity index (χ0v) is 14.7. The van der Waals surface area contributed by atoms with Crippen molar-refractivity contribution in [2.75, 3.05) is 31.3 Å². The number of rotatable bonds is 6. The lowest BCUT2D eigenvalue weighted by Crippen LogP contribution is -2.22. The van der Waals surface area contributed by atoms with Gasteiger partial charge in [0.05, 0.1) is 6.61 Å². The van der Waals surface area contributed by atoms with Crippen molar-refractivity contribution >= 4 is 23.3 Å². The number of carbonyl (C=O) groups is 2. The van der Waals surface area contributed by atoms with E-state index in [-0.39, 0.29) is 11.9 Å². The highest BCUT2D eigenvalue weighted by Crippen LogP contribution is 2.17. The van der Waals surface area contributed by atoms with Gasteiger partial charge in [0.25, 0.3) is 5.91 Å². The molecule has 0 saturated carbocycles. The molecule has 0 fully saturated rings. The molecule has 0 heterocycles. The molecule has 0 spiro atoms. The highest BCUT2D eigenvalue weighted by atomic mass is 16.5. The molecule has 0 saturated heterocycles. The van der Waals surface area contributed by atoms with E-state index in [0.717, 1.165) is 12.2 Å². The van der Waals surface area contributed by atoms with Crippen LogP contribution in [0.5, 0.6) is 5.75 Å². The van der Waals surface area contributed by atoms with Crippen LogP contribution < -0.4 is 15.4 Å². The van der Waals surface area contributed by atoms with Gasteiger partial charge in [-0.1, -0.05) is 13.0 Å². The largest absolute Gasteiger partial charge is 0.494 e. The Morgan fingerprint density at radius 3 is 2.32 bits per heavy atom. The van der Waals surface area contributed by atoms with Crippen LogP contribution in [0.4, 0.5) is 16.2 Å². The van der Waals surface area contributed by atoms with E-state index in [1.165, 1.54) is 4.90 Å². The highest BCUT2D eigenvalue weighted by molar-refractivity contribution is 6.01. The fourth-order valence-corrected chi connectivity index (χ4v) is 2.14. The van der Waals surface area contributed by atoms with Crippen molar-refractivity contribution in [3.63, 3.8) is 0 Å². The fourth-order valence-electron chi connectivity index (χ4n) is 2.14. The van der Waals surface area contributed by atoms with Crippen LogP contribution in [0.15, 0.2) is 48.5 Å². The lowest BCUT2D eigenvalue weighted by Gasteiger charge is -2.12. The molecule has 0 unspecified atom stereocenters. The number of anilines is 2. The van der Waals surface area contributed by atoms with Crippen molar-refractivity contribution in [1.29, 1.82) is 0 Å². The van der Waals surface area contributed by atoms with Gasteiger partial charge in [-0.3, -0.25) is 4.79 Å². The van der Waals surface area contributed by atoms with E-state index >= 15 is 0 Å². The minimum atomic E-state index is -0.378. The van der Waals surface area contributed by atoms with Crippen LogP contribution in [0.1, 0.15) is 23.7 Å². The molecule has 0 aliphatic heterocycles. The molecule has 2 N–H and O–H groups in total. The summed E-state index contributed by atoms with van der Waals surface area (Å²) in [5.74, 6) is 0.648. The van der Waals surface area contributed by atoms with Gasteiger partial charge in [-0.05, 0) is 48.9 Å². The van der Waals surface area contributed by atoms with Crippen LogP contribution >= 0.6 is 0 Å². The predicted octanol–water partition coefficient (Wildman–Crippen LogP) is 3.82. The van der Waals surface area contributed by atoms with Gasteiger partial charge in [0.2, 0.25) is 0 Å². The summed E-state index contributed by atoms with van der Waals surface area (Å²) in [7, 11) is 3.37. The number of nitrogens with one attached hydrogen (secondary N) is 2. The molecule has 0 aromatic heterocycles. The number of urea groups is 1. The van der Waals surface area contributed by atoms with Gasteiger partial charge < -0.3 is 20.3 Å². The summed E-state index contributed by atoms with van der Waals surface area (Å²) >= 11 is 0. The van der Waals surface area contributed by atoms with Crippen molar-refractivity contribution in [2.45, 2.75) is 13.3 Å². The van der Waals surface area contributed by atoms with Gasteiger partial charge in [-0.15, -0.1) is 0 Å². The second-order valence-electron chi connectivity index (χ2n) is 5.73. The summed E-state index contributed by atoms with van der Waals surface area (Å²) in [6.45, 7) is 2.70. The maximum absolute atomic E-state index is 12.1. The Bertz CT molecular complexity index is 727. The van der Waals surface area contributed by atoms with Crippen molar-refractivity contribution in [1.82, 2.24) is 4.90 Å². The molecule has 25 heavy (non-hydrogen) atoms. The van der Waals surface area contributed by atoms with E-state index < -0.39 is 0 Å². The molecule has 132 valence electrons. The number of hydrogen-bond donors (Lipinski definition) is 2. The average Bonchev–Trinajstić information content (AvgIpc) is 2.60. The smallest absolute Gasteiger partial charge is 0.323 e. The van der Waals surface area contributed by atoms with Crippen molar-refractivity contribution in [3.8, 4) is 5.75 Å². The summed E-state index contributed by atoms with van der Waals surface area (Å²) in [6, 6.07) is 13.6. The zero-order valence-electron chi connectivity index (χ0n) is 14.7. The Hall–Kier alpha value is -3.02. The second kappa shape index (κ2) is 8.73. The lowest BCUT2D eigenvalue weighted by molar-refractivity contribution is 0.0827. The fraction of sp³-hybridized carbons (Fsp3) is 0.263. The average molecular weight is 341 g/mol. The van der Waals surface area contributed by atoms with Gasteiger partial charge in [0.15, 0.2) is 0 Å². The molecule has 0 atom stereocenters. The standard InChI is InChI=1S/C19H23N3O3/c1-4-12-25-17-10-8-15(9-11-17)20-19(24)21-16-7-5-6-14(13-16)18(23)22(2)3/h5-11,13H,4,12H2,1-3H3,(H2,20,21,24). The van der Waals surface area contributed by atoms with E-state index in [4.69, 9.17) is 4.74 Å². The van der Waals surface area contributed by atoms with Crippen molar-refractivity contribution in [3.05, 3.63) is 54.1 Å². The molecular formula is C19H23N3O3. The second-order valence-corrected chi connectivity index (χ2v) is 5.73. The predicted molar refractivity (Wildman–Crippen MR) is 99.3 cm³/mol. The third kappa shape index (κ3) is 5.53. The summed E-state index contributed by atoms with van der Waals surface area (Å²) in [4.78, 5) is 25.6. The van der Waals surface area contributed by atoms with Crippen LogP contribution in [0.3, 0.4) is 0 Å². The third-order valence-corrected chi connectivity index (χ3v) is 3.36. The Kier molecular flexibility index (Phi) is 6.39. The maximum atomic E-state index is 12.1. The van der Waals surface area contributed by atoms with Gasteiger partial charge in [-0.25, -0.2) is 4.79 Å². The Morgan fingerprint density at radius 1 is 1.00 bits per heavy atom. The van der Waals surface area contributed by atoms with Crippen LogP contribution in [0, 0.1) is 0 Å². The van der Waals surface area contributed by atoms with E-state index in [1.807, 2.05) is 19.1 Å². The van der Waals surface area contributed by atoms with E-state index in [0.29, 0.717) is 23.5 Å². The van der Waals surface area contributed by atoms with Crippen LogP contribution in [-0.2, 0) is 0 Å². The van der Waals surface area contributed by atoms with E-state index in [2.05, 4.69) is 10.6 Å². The first kappa shape index (κ1) is 18.3. The molecule has 0 aliphatic rings. The number of nitrogens with zero attached hydrogens (tertiary/aromatic N) is 1. The summed E-state index contributed by atoms with van der Waals surface area (Å²) in [5, 5.41) is 5.47. The summed E-state index contributed by atoms with van der Waals surface area (Å²) < 4.78 is 5.50. The van der Waals surface area contributed by atoms with Gasteiger partial charge in [0, 0.05) is 31.0 Å². The van der Waals surface area contributed by atoms with Crippen LogP contribution in [-0.4, -0.2) is 37.5 Å². The molecule has 2 rings (SSSR count). The quantitative estimate of drug-likeness (QED) is 0.839. The van der Waals surface area contributed by atoms with Gasteiger partial charge >= 0.3 is 6.03 Å². The number of benzene rings is 2. The Morgan fingerprint density at radius 2 is 1.68 bits per heavy atom. The first-order valence-corrected chi connectivity index (χ1v) is 8.12. The summed E-state index contributed by atoms with van der Waals surface area (Å²) in [6.07, 6.45) is 0.942. The molecule has 2 aromatic rings. The van der Waals surface area contributed by atoms with Gasteiger partial charge in [-0.2, -0.15) is 0 Å². The van der Waals surface area contributed by atoms with Crippen LogP contribution in [0.25, 0.3) is 0 Å². The molecule has 3 amide bonds. The van der Waals surface area contributed by atoms with Crippen molar-refractivity contribution in [2.24, 2.45) is 0 Å². The molecule has 0 radical (unpaired) electrons. The monoisotopic (exact) mass is 341 g/mol. The number of carbonyl (C=O) groups excluding carboxylic acids is 2. The molecule has 0 bridgehead atoms. The minimum Gasteiger partial charge on any atom is -0.494 e. The first-order valence-electron chi connectivity index (χ1n) is 8.12. The number of ether oxygens (including phenoxy) is 1. The zero-order chi connectivity index (χ0) is 18.2. The summed E-state index contributed by atoms with van der Waals surface area (Å²) in [5.41, 5.74) is 1.72. The normalized spacial score (nSPS) is 10.0. The molecule has 2 aromatic carbocycles. The highest BCUT2D eigenvalue weighted by Gasteiger charge is 2.09. The van der Waals surface area contributed by atoms with E-state index in [9.17, 15) is 9.59 Å². The Balaban J connectivity index is 1.96. The van der Waals surface area contributed by atoms with Crippen molar-refractivity contribution < 1.29 is 14.3 Å². The van der Waals surface area contributed by atoms with E-state index in [1.54, 1.807) is 50.5 Å². The molecular weight excluding hydrogens is 318 g/mol. The number of hydrogen-bond acceptors (Lipinski definition) is 3. The molecule has 0 aliphatic carbocycles. The Labute approximate surface area is 147 Å². The minimum absolute atomic E-state index is 0.119. The topological polar surface area (TPSA) is 70.7 Å². The third-order valence-electron chi connectivity index (χ3n) is 3.36. The maximum Gasteiger partial charge on any atom is 0.323 e. The molecule has 6 heteroatoms. The van der Waals surface area contributed by atoms with Crippen LogP contribution in [0.2, 0.25) is 0 Å². The van der Waals surface area contributed by atoms with Gasteiger partial charge in [0.1, 0.15) is 5.75 Å². The number of amides is 3. The lowest BCUT2D eigenvalue weighted by atomic mass is 10.2. The molecule has 6 nitrogen and oxygen atoms in total. The SMILES string of the molecule is CCCOc1ccc(NC(=O)Nc2cccc(C(=O)N(C)C)c2)cc1. The first-order chi connectivity index (χ1) is 12.0.